The van der Waals surface area contributed by atoms with Crippen LogP contribution in [0.3, 0.4) is 0 Å². The average molecular weight is 535 g/mol. The van der Waals surface area contributed by atoms with E-state index in [0.29, 0.717) is 26.7 Å². The fourth-order valence-electron chi connectivity index (χ4n) is 4.03. The maximum absolute atomic E-state index is 13.7. The summed E-state index contributed by atoms with van der Waals surface area (Å²) in [5.41, 5.74) is 2.90. The molecular weight excluding hydrogens is 510 g/mol. The molecule has 4 aromatic rings. The van der Waals surface area contributed by atoms with Gasteiger partial charge in [-0.2, -0.15) is 0 Å². The minimum Gasteiger partial charge on any atom is -0.350 e. The predicted octanol–water partition coefficient (Wildman–Crippen LogP) is 6.76. The van der Waals surface area contributed by atoms with E-state index in [-0.39, 0.29) is 37.1 Å². The lowest BCUT2D eigenvalue weighted by Crippen LogP contribution is -2.43. The molecule has 37 heavy (non-hydrogen) atoms. The molecule has 0 unspecified atom stereocenters. The van der Waals surface area contributed by atoms with Crippen LogP contribution in [0, 0.1) is 5.82 Å². The van der Waals surface area contributed by atoms with Gasteiger partial charge in [-0.3, -0.25) is 9.59 Å². The standard InChI is InChI=1S/C30H25Cl2FN2O2/c31-25-14-13-24(27(32)18-25)19-34-30(37)29(23-9-5-2-6-10-23)35(20-22-11-15-26(33)16-12-22)28(36)17-21-7-3-1-4-8-21/h1-16,18,29H,17,19-20H2,(H,34,37)/t29-/m1/s1. The third kappa shape index (κ3) is 7.19. The topological polar surface area (TPSA) is 49.4 Å². The monoisotopic (exact) mass is 534 g/mol. The van der Waals surface area contributed by atoms with E-state index in [1.807, 2.05) is 60.7 Å². The van der Waals surface area contributed by atoms with Gasteiger partial charge in [-0.15, -0.1) is 0 Å². The zero-order valence-electron chi connectivity index (χ0n) is 19.9. The molecule has 0 aliphatic rings. The molecular formula is C30H25Cl2FN2O2. The van der Waals surface area contributed by atoms with Crippen LogP contribution >= 0.6 is 23.2 Å². The number of hydrogen-bond acceptors (Lipinski definition) is 2. The lowest BCUT2D eigenvalue weighted by atomic mass is 10.0. The average Bonchev–Trinajstić information content (AvgIpc) is 2.90. The van der Waals surface area contributed by atoms with E-state index >= 15 is 0 Å². The van der Waals surface area contributed by atoms with Crippen LogP contribution in [0.2, 0.25) is 10.0 Å². The summed E-state index contributed by atoms with van der Waals surface area (Å²) in [6.45, 7) is 0.288. The first-order chi connectivity index (χ1) is 17.9. The zero-order chi connectivity index (χ0) is 26.2. The summed E-state index contributed by atoms with van der Waals surface area (Å²) in [7, 11) is 0. The van der Waals surface area contributed by atoms with E-state index in [1.165, 1.54) is 17.0 Å². The summed E-state index contributed by atoms with van der Waals surface area (Å²) >= 11 is 12.3. The Bertz CT molecular complexity index is 1350. The molecule has 0 fully saturated rings. The Balaban J connectivity index is 1.67. The van der Waals surface area contributed by atoms with Gasteiger partial charge < -0.3 is 10.2 Å². The van der Waals surface area contributed by atoms with Crippen molar-refractivity contribution in [1.82, 2.24) is 10.2 Å². The summed E-state index contributed by atoms with van der Waals surface area (Å²) in [6, 6.07) is 28.5. The van der Waals surface area contributed by atoms with Crippen LogP contribution in [0.15, 0.2) is 103 Å². The summed E-state index contributed by atoms with van der Waals surface area (Å²) < 4.78 is 13.6. The van der Waals surface area contributed by atoms with Gasteiger partial charge >= 0.3 is 0 Å². The van der Waals surface area contributed by atoms with Crippen molar-refractivity contribution in [3.8, 4) is 0 Å². The molecule has 4 rings (SSSR count). The number of nitrogens with one attached hydrogen (secondary N) is 1. The van der Waals surface area contributed by atoms with Crippen molar-refractivity contribution in [2.24, 2.45) is 0 Å². The van der Waals surface area contributed by atoms with E-state index in [9.17, 15) is 14.0 Å². The number of rotatable bonds is 9. The predicted molar refractivity (Wildman–Crippen MR) is 145 cm³/mol. The van der Waals surface area contributed by atoms with Gasteiger partial charge in [-0.05, 0) is 46.5 Å². The molecule has 0 saturated carbocycles. The van der Waals surface area contributed by atoms with Gasteiger partial charge in [0.15, 0.2) is 0 Å². The quantitative estimate of drug-likeness (QED) is 0.258. The second-order valence-corrected chi connectivity index (χ2v) is 9.42. The minimum absolute atomic E-state index is 0.113. The molecule has 7 heteroatoms. The number of halogens is 3. The van der Waals surface area contributed by atoms with Crippen LogP contribution in [0.25, 0.3) is 0 Å². The molecule has 0 aliphatic heterocycles. The molecule has 0 saturated heterocycles. The Morgan fingerprint density at radius 1 is 0.811 bits per heavy atom. The van der Waals surface area contributed by atoms with Gasteiger partial charge in [0, 0.05) is 23.1 Å². The molecule has 0 radical (unpaired) electrons. The van der Waals surface area contributed by atoms with E-state index in [2.05, 4.69) is 5.32 Å². The summed E-state index contributed by atoms with van der Waals surface area (Å²) in [6.07, 6.45) is 0.113. The van der Waals surface area contributed by atoms with Crippen LogP contribution in [0.5, 0.6) is 0 Å². The first-order valence-electron chi connectivity index (χ1n) is 11.7. The van der Waals surface area contributed by atoms with Crippen molar-refractivity contribution in [2.75, 3.05) is 0 Å². The SMILES string of the molecule is O=C(NCc1ccc(Cl)cc1Cl)[C@@H](c1ccccc1)N(Cc1ccc(F)cc1)C(=O)Cc1ccccc1. The fraction of sp³-hybridized carbons (Fsp3) is 0.133. The Kier molecular flexibility index (Phi) is 8.94. The number of carbonyl (C=O) groups is 2. The maximum atomic E-state index is 13.7. The highest BCUT2D eigenvalue weighted by Crippen LogP contribution is 2.26. The van der Waals surface area contributed by atoms with Crippen molar-refractivity contribution < 1.29 is 14.0 Å². The largest absolute Gasteiger partial charge is 0.350 e. The molecule has 0 spiro atoms. The molecule has 1 atom stereocenters. The summed E-state index contributed by atoms with van der Waals surface area (Å²) in [4.78, 5) is 28.9. The number of carbonyl (C=O) groups excluding carboxylic acids is 2. The first-order valence-corrected chi connectivity index (χ1v) is 12.5. The van der Waals surface area contributed by atoms with Gasteiger partial charge in [0.05, 0.1) is 6.42 Å². The van der Waals surface area contributed by atoms with Gasteiger partial charge in [-0.1, -0.05) is 102 Å². The van der Waals surface area contributed by atoms with Gasteiger partial charge in [0.25, 0.3) is 0 Å². The minimum atomic E-state index is -0.923. The second kappa shape index (κ2) is 12.5. The molecule has 4 aromatic carbocycles. The van der Waals surface area contributed by atoms with E-state index in [1.54, 1.807) is 30.3 Å². The maximum Gasteiger partial charge on any atom is 0.247 e. The Morgan fingerprint density at radius 2 is 1.46 bits per heavy atom. The molecule has 0 heterocycles. The Hall–Kier alpha value is -3.67. The van der Waals surface area contributed by atoms with Crippen LogP contribution < -0.4 is 5.32 Å². The van der Waals surface area contributed by atoms with E-state index < -0.39 is 6.04 Å². The van der Waals surface area contributed by atoms with Crippen molar-refractivity contribution in [3.05, 3.63) is 141 Å². The van der Waals surface area contributed by atoms with Crippen LogP contribution in [0.4, 0.5) is 4.39 Å². The summed E-state index contributed by atoms with van der Waals surface area (Å²) in [5.74, 6) is -0.965. The van der Waals surface area contributed by atoms with Gasteiger partial charge in [-0.25, -0.2) is 4.39 Å². The highest BCUT2D eigenvalue weighted by atomic mass is 35.5. The van der Waals surface area contributed by atoms with Crippen LogP contribution in [-0.4, -0.2) is 16.7 Å². The van der Waals surface area contributed by atoms with Gasteiger partial charge in [0.2, 0.25) is 11.8 Å². The fourth-order valence-corrected chi connectivity index (χ4v) is 4.51. The molecule has 0 aromatic heterocycles. The normalized spacial score (nSPS) is 11.5. The smallest absolute Gasteiger partial charge is 0.247 e. The third-order valence-corrected chi connectivity index (χ3v) is 6.52. The van der Waals surface area contributed by atoms with Crippen LogP contribution in [0.1, 0.15) is 28.3 Å². The Morgan fingerprint density at radius 3 is 2.11 bits per heavy atom. The molecule has 0 aliphatic carbocycles. The van der Waals surface area contributed by atoms with Crippen molar-refractivity contribution in [3.63, 3.8) is 0 Å². The van der Waals surface area contributed by atoms with Crippen LogP contribution in [-0.2, 0) is 29.1 Å². The number of hydrogen-bond donors (Lipinski definition) is 1. The van der Waals surface area contributed by atoms with Crippen molar-refractivity contribution in [1.29, 1.82) is 0 Å². The molecule has 1 N–H and O–H groups in total. The lowest BCUT2D eigenvalue weighted by molar-refractivity contribution is -0.141. The number of benzene rings is 4. The Labute approximate surface area is 225 Å². The highest BCUT2D eigenvalue weighted by molar-refractivity contribution is 6.35. The second-order valence-electron chi connectivity index (χ2n) is 8.58. The zero-order valence-corrected chi connectivity index (χ0v) is 21.4. The highest BCUT2D eigenvalue weighted by Gasteiger charge is 2.31. The van der Waals surface area contributed by atoms with E-state index in [0.717, 1.165) is 5.56 Å². The molecule has 188 valence electrons. The number of nitrogens with zero attached hydrogens (tertiary/aromatic N) is 1. The molecule has 0 bridgehead atoms. The van der Waals surface area contributed by atoms with Crippen molar-refractivity contribution >= 4 is 35.0 Å². The first kappa shape index (κ1) is 26.4. The van der Waals surface area contributed by atoms with Gasteiger partial charge in [0.1, 0.15) is 11.9 Å². The molecule has 4 nitrogen and oxygen atoms in total. The molecule has 2 amide bonds. The number of amides is 2. The van der Waals surface area contributed by atoms with E-state index in [4.69, 9.17) is 23.2 Å². The van der Waals surface area contributed by atoms with Crippen molar-refractivity contribution in [2.45, 2.75) is 25.6 Å². The summed E-state index contributed by atoms with van der Waals surface area (Å²) in [5, 5.41) is 3.87. The lowest BCUT2D eigenvalue weighted by Gasteiger charge is -2.32. The third-order valence-electron chi connectivity index (χ3n) is 5.93.